The zero-order valence-corrected chi connectivity index (χ0v) is 17.5. The van der Waals surface area contributed by atoms with Gasteiger partial charge in [0.1, 0.15) is 5.69 Å². The summed E-state index contributed by atoms with van der Waals surface area (Å²) >= 11 is 6.29. The van der Waals surface area contributed by atoms with E-state index in [0.29, 0.717) is 16.8 Å². The number of aromatic nitrogens is 3. The average Bonchev–Trinajstić information content (AvgIpc) is 3.07. The third-order valence-electron chi connectivity index (χ3n) is 5.61. The summed E-state index contributed by atoms with van der Waals surface area (Å²) in [5, 5.41) is 7.93. The number of nitrogens with one attached hydrogen (secondary N) is 1. The molecule has 2 aromatic heterocycles. The zero-order chi connectivity index (χ0) is 20.4. The van der Waals surface area contributed by atoms with Crippen LogP contribution in [0.4, 0.5) is 0 Å². The highest BCUT2D eigenvalue weighted by Crippen LogP contribution is 2.33. The maximum absolute atomic E-state index is 12.9. The van der Waals surface area contributed by atoms with Crippen molar-refractivity contribution in [2.75, 3.05) is 0 Å². The van der Waals surface area contributed by atoms with E-state index >= 15 is 0 Å². The molecule has 0 spiro atoms. The molecule has 1 aromatic carbocycles. The fourth-order valence-electron chi connectivity index (χ4n) is 4.12. The number of rotatable bonds is 4. The number of pyridine rings is 1. The standard InChI is InChI=1S/C23H25ClN4O/c1-15-14-16(2)28(27-15)21-13-12-20(24)22(26-21)23(29)25-19-10-8-18(9-11-19)17-6-4-3-5-7-17/h3-7,12-14,18-19H,8-11H2,1-2H3,(H,25,29). The van der Waals surface area contributed by atoms with Gasteiger partial charge >= 0.3 is 0 Å². The van der Waals surface area contributed by atoms with Gasteiger partial charge < -0.3 is 5.32 Å². The predicted octanol–water partition coefficient (Wildman–Crippen LogP) is 4.99. The SMILES string of the molecule is Cc1cc(C)n(-c2ccc(Cl)c(C(=O)NC3CCC(c4ccccc4)CC3)n2)n1. The van der Waals surface area contributed by atoms with Gasteiger partial charge in [-0.25, -0.2) is 9.67 Å². The molecule has 1 aliphatic carbocycles. The number of halogens is 1. The lowest BCUT2D eigenvalue weighted by molar-refractivity contribution is 0.0921. The molecular weight excluding hydrogens is 384 g/mol. The molecule has 0 atom stereocenters. The highest BCUT2D eigenvalue weighted by molar-refractivity contribution is 6.33. The quantitative estimate of drug-likeness (QED) is 0.661. The minimum Gasteiger partial charge on any atom is -0.348 e. The molecule has 0 bridgehead atoms. The molecule has 4 rings (SSSR count). The van der Waals surface area contributed by atoms with Crippen molar-refractivity contribution in [1.29, 1.82) is 0 Å². The second-order valence-corrected chi connectivity index (χ2v) is 8.18. The van der Waals surface area contributed by atoms with E-state index in [4.69, 9.17) is 11.6 Å². The van der Waals surface area contributed by atoms with Crippen molar-refractivity contribution in [2.45, 2.75) is 51.5 Å². The van der Waals surface area contributed by atoms with Crippen LogP contribution in [0.5, 0.6) is 0 Å². The molecule has 1 fully saturated rings. The third kappa shape index (κ3) is 4.35. The Morgan fingerprint density at radius 3 is 2.45 bits per heavy atom. The number of hydrogen-bond donors (Lipinski definition) is 1. The Balaban J connectivity index is 1.44. The molecule has 0 radical (unpaired) electrons. The van der Waals surface area contributed by atoms with Gasteiger partial charge in [0.05, 0.1) is 10.7 Å². The Morgan fingerprint density at radius 1 is 1.07 bits per heavy atom. The molecule has 29 heavy (non-hydrogen) atoms. The maximum atomic E-state index is 12.9. The first-order chi connectivity index (χ1) is 14.0. The van der Waals surface area contributed by atoms with Gasteiger partial charge in [-0.05, 0) is 69.2 Å². The summed E-state index contributed by atoms with van der Waals surface area (Å²) < 4.78 is 1.73. The number of amides is 1. The van der Waals surface area contributed by atoms with Crippen LogP contribution >= 0.6 is 11.6 Å². The molecule has 5 nitrogen and oxygen atoms in total. The van der Waals surface area contributed by atoms with Gasteiger partial charge in [-0.2, -0.15) is 5.10 Å². The minimum atomic E-state index is -0.221. The van der Waals surface area contributed by atoms with Gasteiger partial charge in [-0.3, -0.25) is 4.79 Å². The summed E-state index contributed by atoms with van der Waals surface area (Å²) in [6, 6.07) is 16.2. The molecular formula is C23H25ClN4O. The van der Waals surface area contributed by atoms with Gasteiger partial charge in [-0.1, -0.05) is 41.9 Å². The van der Waals surface area contributed by atoms with Crippen LogP contribution in [-0.4, -0.2) is 26.7 Å². The summed E-state index contributed by atoms with van der Waals surface area (Å²) in [4.78, 5) is 17.4. The molecule has 0 unspecified atom stereocenters. The highest BCUT2D eigenvalue weighted by atomic mass is 35.5. The molecule has 3 aromatic rings. The summed E-state index contributed by atoms with van der Waals surface area (Å²) in [7, 11) is 0. The van der Waals surface area contributed by atoms with E-state index in [0.717, 1.165) is 37.1 Å². The monoisotopic (exact) mass is 408 g/mol. The zero-order valence-electron chi connectivity index (χ0n) is 16.7. The highest BCUT2D eigenvalue weighted by Gasteiger charge is 2.25. The Hall–Kier alpha value is -2.66. The number of carbonyl (C=O) groups is 1. The summed E-state index contributed by atoms with van der Waals surface area (Å²) in [5.41, 5.74) is 3.50. The van der Waals surface area contributed by atoms with Crippen molar-refractivity contribution in [3.63, 3.8) is 0 Å². The first-order valence-electron chi connectivity index (χ1n) is 10.1. The molecule has 1 saturated carbocycles. The molecule has 1 aliphatic rings. The van der Waals surface area contributed by atoms with E-state index in [2.05, 4.69) is 39.7 Å². The van der Waals surface area contributed by atoms with E-state index in [1.54, 1.807) is 16.8 Å². The Morgan fingerprint density at radius 2 is 1.79 bits per heavy atom. The van der Waals surface area contributed by atoms with E-state index in [1.807, 2.05) is 26.0 Å². The van der Waals surface area contributed by atoms with Crippen LogP contribution in [0.1, 0.15) is 59.0 Å². The van der Waals surface area contributed by atoms with Crippen molar-refractivity contribution in [3.8, 4) is 5.82 Å². The molecule has 0 aliphatic heterocycles. The number of nitrogens with zero attached hydrogens (tertiary/aromatic N) is 3. The first-order valence-corrected chi connectivity index (χ1v) is 10.4. The summed E-state index contributed by atoms with van der Waals surface area (Å²) in [6.07, 6.45) is 4.06. The fraction of sp³-hybridized carbons (Fsp3) is 0.348. The van der Waals surface area contributed by atoms with E-state index < -0.39 is 0 Å². The van der Waals surface area contributed by atoms with Crippen molar-refractivity contribution in [3.05, 3.63) is 76.2 Å². The number of aryl methyl sites for hydroxylation is 2. The van der Waals surface area contributed by atoms with Crippen LogP contribution in [0, 0.1) is 13.8 Å². The Labute approximate surface area is 176 Å². The Bertz CT molecular complexity index is 1010. The molecule has 1 N–H and O–H groups in total. The van der Waals surface area contributed by atoms with E-state index in [-0.39, 0.29) is 17.6 Å². The van der Waals surface area contributed by atoms with Gasteiger partial charge in [0.25, 0.3) is 5.91 Å². The summed E-state index contributed by atoms with van der Waals surface area (Å²) in [5.74, 6) is 0.944. The number of hydrogen-bond acceptors (Lipinski definition) is 3. The van der Waals surface area contributed by atoms with Crippen molar-refractivity contribution < 1.29 is 4.79 Å². The molecule has 150 valence electrons. The maximum Gasteiger partial charge on any atom is 0.271 e. The first kappa shape index (κ1) is 19.6. The van der Waals surface area contributed by atoms with Crippen LogP contribution in [0.25, 0.3) is 5.82 Å². The van der Waals surface area contributed by atoms with Crippen LogP contribution in [0.3, 0.4) is 0 Å². The number of carbonyl (C=O) groups excluding carboxylic acids is 1. The van der Waals surface area contributed by atoms with E-state index in [9.17, 15) is 4.79 Å². The van der Waals surface area contributed by atoms with Crippen LogP contribution in [0.2, 0.25) is 5.02 Å². The molecule has 1 amide bonds. The van der Waals surface area contributed by atoms with Crippen molar-refractivity contribution in [1.82, 2.24) is 20.1 Å². The van der Waals surface area contributed by atoms with Gasteiger partial charge in [0, 0.05) is 11.7 Å². The smallest absolute Gasteiger partial charge is 0.271 e. The van der Waals surface area contributed by atoms with Crippen LogP contribution < -0.4 is 5.32 Å². The minimum absolute atomic E-state index is 0.151. The lowest BCUT2D eigenvalue weighted by Crippen LogP contribution is -2.38. The second-order valence-electron chi connectivity index (χ2n) is 7.77. The predicted molar refractivity (Wildman–Crippen MR) is 115 cm³/mol. The molecule has 2 heterocycles. The molecule has 6 heteroatoms. The van der Waals surface area contributed by atoms with Gasteiger partial charge in [0.2, 0.25) is 0 Å². The largest absolute Gasteiger partial charge is 0.348 e. The second kappa shape index (κ2) is 8.37. The Kier molecular flexibility index (Phi) is 5.67. The lowest BCUT2D eigenvalue weighted by atomic mass is 9.82. The van der Waals surface area contributed by atoms with Gasteiger partial charge in [-0.15, -0.1) is 0 Å². The summed E-state index contributed by atoms with van der Waals surface area (Å²) in [6.45, 7) is 3.89. The molecule has 0 saturated heterocycles. The van der Waals surface area contributed by atoms with Crippen LogP contribution in [0.15, 0.2) is 48.5 Å². The van der Waals surface area contributed by atoms with Crippen molar-refractivity contribution in [2.24, 2.45) is 0 Å². The fourth-order valence-corrected chi connectivity index (χ4v) is 4.31. The van der Waals surface area contributed by atoms with Crippen LogP contribution in [-0.2, 0) is 0 Å². The topological polar surface area (TPSA) is 59.8 Å². The average molecular weight is 409 g/mol. The number of benzene rings is 1. The van der Waals surface area contributed by atoms with Crippen molar-refractivity contribution >= 4 is 17.5 Å². The third-order valence-corrected chi connectivity index (χ3v) is 5.91. The van der Waals surface area contributed by atoms with E-state index in [1.165, 1.54) is 5.56 Å². The normalized spacial score (nSPS) is 19.1. The van der Waals surface area contributed by atoms with Gasteiger partial charge in [0.15, 0.2) is 5.82 Å². The lowest BCUT2D eigenvalue weighted by Gasteiger charge is -2.29.